The van der Waals surface area contributed by atoms with Gasteiger partial charge in [0, 0.05) is 11.8 Å². The highest BCUT2D eigenvalue weighted by molar-refractivity contribution is 5.17. The molecule has 0 atom stereocenters. The highest BCUT2D eigenvalue weighted by atomic mass is 16.5. The molecule has 0 saturated carbocycles. The van der Waals surface area contributed by atoms with Gasteiger partial charge in [0.15, 0.2) is 0 Å². The Morgan fingerprint density at radius 1 is 1.15 bits per heavy atom. The summed E-state index contributed by atoms with van der Waals surface area (Å²) in [6, 6.07) is 2.16. The molecule has 1 heterocycles. The van der Waals surface area contributed by atoms with Gasteiger partial charge in [-0.2, -0.15) is 4.98 Å². The van der Waals surface area contributed by atoms with E-state index in [9.17, 15) is 0 Å². The van der Waals surface area contributed by atoms with Crippen molar-refractivity contribution in [1.82, 2.24) is 9.97 Å². The van der Waals surface area contributed by atoms with E-state index < -0.39 is 0 Å². The van der Waals surface area contributed by atoms with Crippen molar-refractivity contribution < 1.29 is 9.47 Å². The predicted molar refractivity (Wildman–Crippen MR) is 49.1 cm³/mol. The second-order valence-electron chi connectivity index (χ2n) is 2.50. The molecule has 0 fully saturated rings. The van der Waals surface area contributed by atoms with E-state index >= 15 is 0 Å². The Morgan fingerprint density at radius 2 is 1.85 bits per heavy atom. The molecule has 0 bridgehead atoms. The lowest BCUT2D eigenvalue weighted by molar-refractivity contribution is 0.288. The van der Waals surface area contributed by atoms with Crippen LogP contribution in [0.5, 0.6) is 11.9 Å². The van der Waals surface area contributed by atoms with Crippen LogP contribution in [0, 0.1) is 6.92 Å². The maximum Gasteiger partial charge on any atom is 0.319 e. The third-order valence-electron chi connectivity index (χ3n) is 1.38. The minimum atomic E-state index is 0.381. The number of ether oxygens (including phenoxy) is 2. The SMILES string of the molecule is CCOc1cc(C)nc(OCC)n1. The van der Waals surface area contributed by atoms with Gasteiger partial charge in [-0.05, 0) is 20.8 Å². The summed E-state index contributed by atoms with van der Waals surface area (Å²) in [7, 11) is 0. The number of hydrogen-bond acceptors (Lipinski definition) is 4. The maximum atomic E-state index is 5.24. The Balaban J connectivity index is 2.83. The molecule has 72 valence electrons. The zero-order chi connectivity index (χ0) is 9.68. The third-order valence-corrected chi connectivity index (χ3v) is 1.38. The number of aromatic nitrogens is 2. The number of rotatable bonds is 4. The molecule has 0 aliphatic carbocycles. The molecular formula is C9H14N2O2. The summed E-state index contributed by atoms with van der Waals surface area (Å²) in [4.78, 5) is 8.15. The van der Waals surface area contributed by atoms with E-state index in [1.54, 1.807) is 6.07 Å². The van der Waals surface area contributed by atoms with Crippen molar-refractivity contribution in [3.63, 3.8) is 0 Å². The first kappa shape index (κ1) is 9.77. The van der Waals surface area contributed by atoms with Crippen molar-refractivity contribution in [2.45, 2.75) is 20.8 Å². The fourth-order valence-corrected chi connectivity index (χ4v) is 0.929. The van der Waals surface area contributed by atoms with Gasteiger partial charge in [-0.1, -0.05) is 0 Å². The Hall–Kier alpha value is -1.32. The van der Waals surface area contributed by atoms with Crippen molar-refractivity contribution in [2.75, 3.05) is 13.2 Å². The average molecular weight is 182 g/mol. The maximum absolute atomic E-state index is 5.24. The molecule has 1 rings (SSSR count). The highest BCUT2D eigenvalue weighted by Gasteiger charge is 2.02. The topological polar surface area (TPSA) is 44.2 Å². The Bertz CT molecular complexity index is 252. The predicted octanol–water partition coefficient (Wildman–Crippen LogP) is 1.58. The minimum absolute atomic E-state index is 0.381. The molecule has 4 nitrogen and oxygen atoms in total. The summed E-state index contributed by atoms with van der Waals surface area (Å²) in [5, 5.41) is 0. The quantitative estimate of drug-likeness (QED) is 0.709. The molecule has 0 aromatic carbocycles. The van der Waals surface area contributed by atoms with E-state index in [1.165, 1.54) is 0 Å². The molecule has 0 radical (unpaired) electrons. The number of hydrogen-bond donors (Lipinski definition) is 0. The Morgan fingerprint density at radius 3 is 2.46 bits per heavy atom. The lowest BCUT2D eigenvalue weighted by Crippen LogP contribution is -2.02. The van der Waals surface area contributed by atoms with Crippen LogP contribution in [-0.2, 0) is 0 Å². The lowest BCUT2D eigenvalue weighted by atomic mass is 10.4. The van der Waals surface area contributed by atoms with E-state index in [0.29, 0.717) is 25.1 Å². The second kappa shape index (κ2) is 4.64. The molecule has 0 aliphatic heterocycles. The first-order chi connectivity index (χ1) is 6.26. The zero-order valence-corrected chi connectivity index (χ0v) is 8.20. The van der Waals surface area contributed by atoms with E-state index in [1.807, 2.05) is 20.8 Å². The van der Waals surface area contributed by atoms with Crippen molar-refractivity contribution in [1.29, 1.82) is 0 Å². The van der Waals surface area contributed by atoms with Gasteiger partial charge in [-0.3, -0.25) is 0 Å². The zero-order valence-electron chi connectivity index (χ0n) is 8.20. The largest absolute Gasteiger partial charge is 0.478 e. The summed E-state index contributed by atoms with van der Waals surface area (Å²) in [5.74, 6) is 0.568. The summed E-state index contributed by atoms with van der Waals surface area (Å²) in [5.41, 5.74) is 0.849. The molecule has 1 aromatic heterocycles. The van der Waals surface area contributed by atoms with Crippen molar-refractivity contribution in [3.05, 3.63) is 11.8 Å². The molecule has 0 unspecified atom stereocenters. The van der Waals surface area contributed by atoms with Crippen LogP contribution in [-0.4, -0.2) is 23.2 Å². The number of nitrogens with zero attached hydrogens (tertiary/aromatic N) is 2. The van der Waals surface area contributed by atoms with Gasteiger partial charge in [-0.15, -0.1) is 0 Å². The van der Waals surface area contributed by atoms with Crippen LogP contribution >= 0.6 is 0 Å². The van der Waals surface area contributed by atoms with Gasteiger partial charge in [-0.25, -0.2) is 4.98 Å². The fourth-order valence-electron chi connectivity index (χ4n) is 0.929. The molecule has 0 saturated heterocycles. The first-order valence-corrected chi connectivity index (χ1v) is 4.37. The first-order valence-electron chi connectivity index (χ1n) is 4.37. The third kappa shape index (κ3) is 2.89. The molecule has 13 heavy (non-hydrogen) atoms. The van der Waals surface area contributed by atoms with E-state index in [-0.39, 0.29) is 0 Å². The van der Waals surface area contributed by atoms with Gasteiger partial charge in [0.25, 0.3) is 0 Å². The fraction of sp³-hybridized carbons (Fsp3) is 0.556. The van der Waals surface area contributed by atoms with Crippen LogP contribution in [0.2, 0.25) is 0 Å². The van der Waals surface area contributed by atoms with Crippen LogP contribution in [0.25, 0.3) is 0 Å². The number of aryl methyl sites for hydroxylation is 1. The van der Waals surface area contributed by atoms with Gasteiger partial charge < -0.3 is 9.47 Å². The van der Waals surface area contributed by atoms with Crippen molar-refractivity contribution in [2.24, 2.45) is 0 Å². The van der Waals surface area contributed by atoms with Gasteiger partial charge in [0.05, 0.1) is 13.2 Å². The normalized spacial score (nSPS) is 9.77. The molecule has 1 aromatic rings. The minimum Gasteiger partial charge on any atom is -0.478 e. The van der Waals surface area contributed by atoms with Crippen LogP contribution in [0.15, 0.2) is 6.07 Å². The van der Waals surface area contributed by atoms with E-state index in [4.69, 9.17) is 9.47 Å². The molecule has 0 N–H and O–H groups in total. The van der Waals surface area contributed by atoms with E-state index in [0.717, 1.165) is 5.69 Å². The molecule has 0 spiro atoms. The molecule has 0 amide bonds. The van der Waals surface area contributed by atoms with Crippen LogP contribution in [0.1, 0.15) is 19.5 Å². The summed E-state index contributed by atoms with van der Waals surface area (Å²) in [6.45, 7) is 6.85. The smallest absolute Gasteiger partial charge is 0.319 e. The van der Waals surface area contributed by atoms with Crippen LogP contribution in [0.4, 0.5) is 0 Å². The second-order valence-corrected chi connectivity index (χ2v) is 2.50. The van der Waals surface area contributed by atoms with E-state index in [2.05, 4.69) is 9.97 Å². The van der Waals surface area contributed by atoms with Crippen LogP contribution < -0.4 is 9.47 Å². The molecule has 4 heteroatoms. The van der Waals surface area contributed by atoms with Gasteiger partial charge >= 0.3 is 6.01 Å². The Labute approximate surface area is 77.9 Å². The Kier molecular flexibility index (Phi) is 3.49. The molecule has 0 aliphatic rings. The van der Waals surface area contributed by atoms with Gasteiger partial charge in [0.1, 0.15) is 0 Å². The van der Waals surface area contributed by atoms with Gasteiger partial charge in [0.2, 0.25) is 5.88 Å². The van der Waals surface area contributed by atoms with Crippen molar-refractivity contribution >= 4 is 0 Å². The summed E-state index contributed by atoms with van der Waals surface area (Å²) >= 11 is 0. The average Bonchev–Trinajstić information content (AvgIpc) is 2.04. The standard InChI is InChI=1S/C9H14N2O2/c1-4-12-8-6-7(3)10-9(11-8)13-5-2/h6H,4-5H2,1-3H3. The van der Waals surface area contributed by atoms with Crippen molar-refractivity contribution in [3.8, 4) is 11.9 Å². The molecular weight excluding hydrogens is 168 g/mol. The van der Waals surface area contributed by atoms with Crippen LogP contribution in [0.3, 0.4) is 0 Å². The monoisotopic (exact) mass is 182 g/mol. The lowest BCUT2D eigenvalue weighted by Gasteiger charge is -2.05. The summed E-state index contributed by atoms with van der Waals surface area (Å²) < 4.78 is 10.4. The highest BCUT2D eigenvalue weighted by Crippen LogP contribution is 2.13. The summed E-state index contributed by atoms with van der Waals surface area (Å²) in [6.07, 6.45) is 0.